The highest BCUT2D eigenvalue weighted by Gasteiger charge is 2.10. The minimum absolute atomic E-state index is 0.616. The molecule has 0 saturated heterocycles. The van der Waals surface area contributed by atoms with Crippen molar-refractivity contribution in [3.63, 3.8) is 0 Å². The standard InChI is InChI=1S/C13H12N4OS3/c1-19-12-15-16-13(21-12)20-8-11-14-10(17-18-11)7-9-5-3-2-4-6-9/h2-6H,7-8H2,1H3. The van der Waals surface area contributed by atoms with Crippen LogP contribution in [0.15, 0.2) is 43.5 Å². The van der Waals surface area contributed by atoms with E-state index in [4.69, 9.17) is 4.52 Å². The lowest BCUT2D eigenvalue weighted by Gasteiger charge is -1.94. The van der Waals surface area contributed by atoms with Crippen LogP contribution in [-0.2, 0) is 12.2 Å². The molecule has 0 amide bonds. The summed E-state index contributed by atoms with van der Waals surface area (Å²) in [4.78, 5) is 4.40. The second-order valence-electron chi connectivity index (χ2n) is 4.09. The predicted octanol–water partition coefficient (Wildman–Crippen LogP) is 3.53. The Balaban J connectivity index is 1.57. The fourth-order valence-corrected chi connectivity index (χ4v) is 3.94. The second kappa shape index (κ2) is 7.06. The van der Waals surface area contributed by atoms with Gasteiger partial charge >= 0.3 is 0 Å². The number of hydrogen-bond acceptors (Lipinski definition) is 8. The van der Waals surface area contributed by atoms with Gasteiger partial charge in [-0.25, -0.2) is 0 Å². The van der Waals surface area contributed by atoms with Gasteiger partial charge in [0.05, 0.1) is 5.75 Å². The smallest absolute Gasteiger partial charge is 0.237 e. The summed E-state index contributed by atoms with van der Waals surface area (Å²) in [6.45, 7) is 0. The molecule has 3 aromatic rings. The zero-order valence-corrected chi connectivity index (χ0v) is 13.7. The second-order valence-corrected chi connectivity index (χ2v) is 7.35. The molecule has 108 valence electrons. The molecule has 0 spiro atoms. The monoisotopic (exact) mass is 336 g/mol. The number of benzene rings is 1. The van der Waals surface area contributed by atoms with Gasteiger partial charge in [-0.05, 0) is 11.8 Å². The number of aromatic nitrogens is 4. The summed E-state index contributed by atoms with van der Waals surface area (Å²) in [6.07, 6.45) is 2.67. The van der Waals surface area contributed by atoms with Crippen LogP contribution in [0.5, 0.6) is 0 Å². The van der Waals surface area contributed by atoms with Crippen LogP contribution >= 0.6 is 34.9 Å². The van der Waals surface area contributed by atoms with E-state index in [0.717, 1.165) is 8.68 Å². The Labute approximate surface area is 134 Å². The van der Waals surface area contributed by atoms with Gasteiger partial charge in [0.2, 0.25) is 5.89 Å². The molecule has 0 aliphatic heterocycles. The Kier molecular flexibility index (Phi) is 4.89. The van der Waals surface area contributed by atoms with Crippen molar-refractivity contribution < 1.29 is 4.52 Å². The zero-order valence-electron chi connectivity index (χ0n) is 11.2. The van der Waals surface area contributed by atoms with Gasteiger partial charge in [0.25, 0.3) is 0 Å². The van der Waals surface area contributed by atoms with E-state index in [9.17, 15) is 0 Å². The Bertz CT molecular complexity index is 698. The predicted molar refractivity (Wildman–Crippen MR) is 84.8 cm³/mol. The molecule has 0 unspecified atom stereocenters. The van der Waals surface area contributed by atoms with Crippen LogP contribution in [0, 0.1) is 0 Å². The van der Waals surface area contributed by atoms with Gasteiger partial charge in [-0.2, -0.15) is 4.98 Å². The van der Waals surface area contributed by atoms with Crippen molar-refractivity contribution in [1.29, 1.82) is 0 Å². The van der Waals surface area contributed by atoms with Gasteiger partial charge in [-0.15, -0.1) is 10.2 Å². The van der Waals surface area contributed by atoms with Gasteiger partial charge in [0.15, 0.2) is 14.5 Å². The van der Waals surface area contributed by atoms with Crippen LogP contribution in [0.4, 0.5) is 0 Å². The minimum Gasteiger partial charge on any atom is -0.338 e. The van der Waals surface area contributed by atoms with Crippen molar-refractivity contribution in [1.82, 2.24) is 20.3 Å². The first kappa shape index (κ1) is 14.6. The van der Waals surface area contributed by atoms with E-state index in [-0.39, 0.29) is 0 Å². The molecule has 5 nitrogen and oxygen atoms in total. The molecule has 0 N–H and O–H groups in total. The summed E-state index contributed by atoms with van der Waals surface area (Å²) in [5.41, 5.74) is 1.17. The lowest BCUT2D eigenvalue weighted by Crippen LogP contribution is -1.90. The lowest BCUT2D eigenvalue weighted by molar-refractivity contribution is 0.386. The fourth-order valence-electron chi connectivity index (χ4n) is 1.66. The molecular weight excluding hydrogens is 324 g/mol. The minimum atomic E-state index is 0.616. The molecule has 0 bridgehead atoms. The molecule has 1 aromatic carbocycles. The van der Waals surface area contributed by atoms with Gasteiger partial charge in [0, 0.05) is 6.42 Å². The first-order chi connectivity index (χ1) is 10.3. The number of thioether (sulfide) groups is 2. The molecular formula is C13H12N4OS3. The number of nitrogens with zero attached hydrogens (tertiary/aromatic N) is 4. The zero-order chi connectivity index (χ0) is 14.5. The van der Waals surface area contributed by atoms with E-state index >= 15 is 0 Å². The third kappa shape index (κ3) is 4.05. The summed E-state index contributed by atoms with van der Waals surface area (Å²) in [6, 6.07) is 10.1. The highest BCUT2D eigenvalue weighted by molar-refractivity contribution is 8.02. The van der Waals surface area contributed by atoms with Crippen molar-refractivity contribution >= 4 is 34.9 Å². The van der Waals surface area contributed by atoms with Crippen molar-refractivity contribution in [2.75, 3.05) is 6.26 Å². The summed E-state index contributed by atoms with van der Waals surface area (Å²) in [5.74, 6) is 1.94. The summed E-state index contributed by atoms with van der Waals surface area (Å²) < 4.78 is 7.15. The van der Waals surface area contributed by atoms with Crippen LogP contribution in [0.25, 0.3) is 0 Å². The SMILES string of the molecule is CSc1nnc(SCc2nc(Cc3ccccc3)no2)s1. The number of hydrogen-bond donors (Lipinski definition) is 0. The van der Waals surface area contributed by atoms with Gasteiger partial charge in [-0.1, -0.05) is 70.3 Å². The normalized spacial score (nSPS) is 10.9. The Morgan fingerprint density at radius 1 is 1.14 bits per heavy atom. The van der Waals surface area contributed by atoms with Gasteiger partial charge < -0.3 is 4.52 Å². The van der Waals surface area contributed by atoms with Crippen molar-refractivity contribution in [3.8, 4) is 0 Å². The van der Waals surface area contributed by atoms with Crippen LogP contribution < -0.4 is 0 Å². The third-order valence-electron chi connectivity index (χ3n) is 2.60. The molecule has 2 aromatic heterocycles. The largest absolute Gasteiger partial charge is 0.338 e. The van der Waals surface area contributed by atoms with Crippen LogP contribution in [0.2, 0.25) is 0 Å². The van der Waals surface area contributed by atoms with E-state index in [1.165, 1.54) is 5.56 Å². The quantitative estimate of drug-likeness (QED) is 0.638. The first-order valence-corrected chi connectivity index (χ1v) is 9.22. The average Bonchev–Trinajstić information content (AvgIpc) is 3.15. The molecule has 0 aliphatic rings. The topological polar surface area (TPSA) is 64.7 Å². The van der Waals surface area contributed by atoms with E-state index in [1.54, 1.807) is 34.9 Å². The molecule has 3 rings (SSSR count). The number of rotatable bonds is 6. The molecule has 0 fully saturated rings. The highest BCUT2D eigenvalue weighted by atomic mass is 32.2. The first-order valence-electron chi connectivity index (χ1n) is 6.19. The maximum atomic E-state index is 5.26. The average molecular weight is 336 g/mol. The highest BCUT2D eigenvalue weighted by Crippen LogP contribution is 2.29. The van der Waals surface area contributed by atoms with Crippen molar-refractivity contribution in [3.05, 3.63) is 47.6 Å². The third-order valence-corrected chi connectivity index (χ3v) is 5.61. The Morgan fingerprint density at radius 3 is 2.71 bits per heavy atom. The van der Waals surface area contributed by atoms with Crippen molar-refractivity contribution in [2.45, 2.75) is 20.9 Å². The summed E-state index contributed by atoms with van der Waals surface area (Å²) >= 11 is 4.74. The summed E-state index contributed by atoms with van der Waals surface area (Å²) in [5, 5.41) is 12.2. The molecule has 0 atom stereocenters. The maximum Gasteiger partial charge on any atom is 0.237 e. The van der Waals surface area contributed by atoms with Gasteiger partial charge in [0.1, 0.15) is 0 Å². The van der Waals surface area contributed by atoms with E-state index in [0.29, 0.717) is 23.9 Å². The Hall–Kier alpha value is -1.38. The van der Waals surface area contributed by atoms with Crippen LogP contribution in [-0.4, -0.2) is 26.6 Å². The van der Waals surface area contributed by atoms with E-state index in [1.807, 2.05) is 24.5 Å². The molecule has 21 heavy (non-hydrogen) atoms. The molecule has 0 saturated carbocycles. The summed E-state index contributed by atoms with van der Waals surface area (Å²) in [7, 11) is 0. The molecule has 2 heterocycles. The van der Waals surface area contributed by atoms with E-state index < -0.39 is 0 Å². The molecule has 0 radical (unpaired) electrons. The fraction of sp³-hybridized carbons (Fsp3) is 0.231. The van der Waals surface area contributed by atoms with Crippen LogP contribution in [0.3, 0.4) is 0 Å². The molecule has 8 heteroatoms. The van der Waals surface area contributed by atoms with Crippen molar-refractivity contribution in [2.24, 2.45) is 0 Å². The molecule has 0 aliphatic carbocycles. The lowest BCUT2D eigenvalue weighted by atomic mass is 10.1. The van der Waals surface area contributed by atoms with E-state index in [2.05, 4.69) is 32.5 Å². The maximum absolute atomic E-state index is 5.26. The Morgan fingerprint density at radius 2 is 1.95 bits per heavy atom. The van der Waals surface area contributed by atoms with Crippen LogP contribution in [0.1, 0.15) is 17.3 Å². The van der Waals surface area contributed by atoms with Gasteiger partial charge in [-0.3, -0.25) is 0 Å².